The Morgan fingerprint density at radius 2 is 1.60 bits per heavy atom. The van der Waals surface area contributed by atoms with E-state index in [0.29, 0.717) is 0 Å². The molecule has 90 valence electrons. The second-order valence-corrected chi connectivity index (χ2v) is 2.93. The smallest absolute Gasteiger partial charge is 0.404 e. The number of ether oxygens (including phenoxy) is 1. The summed E-state index contributed by atoms with van der Waals surface area (Å²) in [6.45, 7) is -1.40. The molecule has 0 aliphatic rings. The van der Waals surface area contributed by atoms with Crippen LogP contribution in [-0.4, -0.2) is 69.3 Å². The largest absolute Gasteiger partial charge is 0.447 e. The van der Waals surface area contributed by atoms with Crippen LogP contribution in [0.2, 0.25) is 0 Å². The number of carbonyl (C=O) groups is 1. The van der Waals surface area contributed by atoms with Crippen LogP contribution in [0.5, 0.6) is 0 Å². The molecule has 0 aromatic rings. The minimum atomic E-state index is -1.76. The summed E-state index contributed by atoms with van der Waals surface area (Å²) in [5.74, 6) is 0. The number of primary amides is 1. The van der Waals surface area contributed by atoms with Crippen molar-refractivity contribution in [3.8, 4) is 0 Å². The highest BCUT2D eigenvalue weighted by atomic mass is 16.6. The Morgan fingerprint density at radius 3 is 2.00 bits per heavy atom. The van der Waals surface area contributed by atoms with Gasteiger partial charge in [-0.05, 0) is 0 Å². The third-order valence-electron chi connectivity index (χ3n) is 1.72. The fraction of sp³-hybridized carbons (Fsp3) is 0.857. The normalized spacial score (nSPS) is 19.0. The van der Waals surface area contributed by atoms with Gasteiger partial charge in [-0.3, -0.25) is 0 Å². The molecule has 8 heteroatoms. The van der Waals surface area contributed by atoms with Gasteiger partial charge in [-0.1, -0.05) is 0 Å². The maximum atomic E-state index is 10.1. The van der Waals surface area contributed by atoms with Crippen LogP contribution in [0.1, 0.15) is 0 Å². The van der Waals surface area contributed by atoms with Gasteiger partial charge in [-0.15, -0.1) is 0 Å². The maximum absolute atomic E-state index is 10.1. The Labute approximate surface area is 85.5 Å². The summed E-state index contributed by atoms with van der Waals surface area (Å²) >= 11 is 0. The first-order valence-electron chi connectivity index (χ1n) is 4.15. The quantitative estimate of drug-likeness (QED) is 0.274. The molecule has 0 bridgehead atoms. The second kappa shape index (κ2) is 6.53. The van der Waals surface area contributed by atoms with Gasteiger partial charge in [0.25, 0.3) is 0 Å². The molecule has 7 N–H and O–H groups in total. The lowest BCUT2D eigenvalue weighted by Crippen LogP contribution is -2.47. The van der Waals surface area contributed by atoms with Crippen LogP contribution < -0.4 is 5.73 Å². The molecule has 0 saturated heterocycles. The lowest BCUT2D eigenvalue weighted by molar-refractivity contribution is -0.123. The molecule has 1 amide bonds. The summed E-state index contributed by atoms with van der Waals surface area (Å²) in [4.78, 5) is 10.1. The van der Waals surface area contributed by atoms with Gasteiger partial charge in [0.15, 0.2) is 0 Å². The summed E-state index contributed by atoms with van der Waals surface area (Å²) in [6, 6.07) is 0. The molecule has 0 saturated carbocycles. The highest BCUT2D eigenvalue weighted by Crippen LogP contribution is 2.05. The molecule has 0 radical (unpaired) electrons. The van der Waals surface area contributed by atoms with Crippen molar-refractivity contribution in [1.29, 1.82) is 0 Å². The molecule has 0 aromatic heterocycles. The average molecular weight is 225 g/mol. The van der Waals surface area contributed by atoms with Gasteiger partial charge in [0, 0.05) is 0 Å². The molecule has 0 rings (SSSR count). The van der Waals surface area contributed by atoms with Crippen molar-refractivity contribution >= 4 is 6.09 Å². The summed E-state index contributed by atoms with van der Waals surface area (Å²) in [7, 11) is 0. The van der Waals surface area contributed by atoms with Gasteiger partial charge in [-0.2, -0.15) is 0 Å². The Kier molecular flexibility index (Phi) is 6.13. The zero-order valence-electron chi connectivity index (χ0n) is 7.85. The van der Waals surface area contributed by atoms with Crippen LogP contribution in [0.15, 0.2) is 0 Å². The number of nitrogens with two attached hydrogens (primary N) is 1. The lowest BCUT2D eigenvalue weighted by Gasteiger charge is -2.24. The Bertz CT molecular complexity index is 200. The number of aliphatic hydroxyl groups is 5. The molecule has 0 aromatic carbocycles. The van der Waals surface area contributed by atoms with E-state index in [2.05, 4.69) is 10.5 Å². The van der Waals surface area contributed by atoms with E-state index < -0.39 is 43.7 Å². The van der Waals surface area contributed by atoms with Gasteiger partial charge in [0.05, 0.1) is 6.61 Å². The molecular weight excluding hydrogens is 210 g/mol. The topological polar surface area (TPSA) is 153 Å². The van der Waals surface area contributed by atoms with Crippen LogP contribution in [0.25, 0.3) is 0 Å². The summed E-state index contributed by atoms with van der Waals surface area (Å²) < 4.78 is 4.16. The number of rotatable bonds is 6. The monoisotopic (exact) mass is 225 g/mol. The van der Waals surface area contributed by atoms with Gasteiger partial charge >= 0.3 is 6.09 Å². The molecule has 0 unspecified atom stereocenters. The van der Waals surface area contributed by atoms with Gasteiger partial charge in [0.2, 0.25) is 0 Å². The fourth-order valence-electron chi connectivity index (χ4n) is 0.829. The minimum Gasteiger partial charge on any atom is -0.447 e. The van der Waals surface area contributed by atoms with Crippen molar-refractivity contribution in [3.63, 3.8) is 0 Å². The first-order valence-corrected chi connectivity index (χ1v) is 4.15. The standard InChI is InChI=1S/C7H15NO7/c8-7(14)15-2-4(11)6(13)5(12)3(10)1-9/h3-6,9-13H,1-2H2,(H2,8,14)/t3-,4-,5-,6-/m1/s1. The zero-order chi connectivity index (χ0) is 12.0. The van der Waals surface area contributed by atoms with Crippen LogP contribution >= 0.6 is 0 Å². The van der Waals surface area contributed by atoms with Gasteiger partial charge < -0.3 is 36.0 Å². The molecule has 0 aliphatic heterocycles. The van der Waals surface area contributed by atoms with Gasteiger partial charge in [-0.25, -0.2) is 4.79 Å². The van der Waals surface area contributed by atoms with Crippen LogP contribution in [0.4, 0.5) is 4.79 Å². The summed E-state index contributed by atoms with van der Waals surface area (Å²) in [5, 5.41) is 44.8. The van der Waals surface area contributed by atoms with Crippen LogP contribution in [0, 0.1) is 0 Å². The van der Waals surface area contributed by atoms with Crippen LogP contribution in [-0.2, 0) is 4.74 Å². The van der Waals surface area contributed by atoms with Crippen molar-refractivity contribution in [2.24, 2.45) is 5.73 Å². The molecule has 8 nitrogen and oxygen atoms in total. The maximum Gasteiger partial charge on any atom is 0.404 e. The number of carbonyl (C=O) groups excluding carboxylic acids is 1. The molecule has 4 atom stereocenters. The highest BCUT2D eigenvalue weighted by molar-refractivity contribution is 5.64. The number of hydrogen-bond acceptors (Lipinski definition) is 7. The zero-order valence-corrected chi connectivity index (χ0v) is 7.85. The van der Waals surface area contributed by atoms with E-state index >= 15 is 0 Å². The molecule has 0 heterocycles. The van der Waals surface area contributed by atoms with E-state index in [9.17, 15) is 9.90 Å². The van der Waals surface area contributed by atoms with Crippen molar-refractivity contribution in [1.82, 2.24) is 0 Å². The van der Waals surface area contributed by atoms with Gasteiger partial charge in [0.1, 0.15) is 31.0 Å². The second-order valence-electron chi connectivity index (χ2n) is 2.93. The van der Waals surface area contributed by atoms with E-state index in [1.54, 1.807) is 0 Å². The summed E-state index contributed by atoms with van der Waals surface area (Å²) in [5.41, 5.74) is 4.60. The molecule has 0 aliphatic carbocycles. The van der Waals surface area contributed by atoms with Crippen molar-refractivity contribution in [2.75, 3.05) is 13.2 Å². The van der Waals surface area contributed by atoms with E-state index in [4.69, 9.17) is 20.4 Å². The molecule has 0 spiro atoms. The average Bonchev–Trinajstić information content (AvgIpc) is 2.22. The van der Waals surface area contributed by atoms with Crippen molar-refractivity contribution in [2.45, 2.75) is 24.4 Å². The predicted molar refractivity (Wildman–Crippen MR) is 46.6 cm³/mol. The molecule has 15 heavy (non-hydrogen) atoms. The SMILES string of the molecule is NC(=O)OC[C@@H](O)[C@@H](O)[C@H](O)[C@H](O)CO. The minimum absolute atomic E-state index is 0.619. The lowest BCUT2D eigenvalue weighted by atomic mass is 10.0. The van der Waals surface area contributed by atoms with Crippen molar-refractivity contribution < 1.29 is 35.1 Å². The Balaban J connectivity index is 4.06. The van der Waals surface area contributed by atoms with E-state index in [1.165, 1.54) is 0 Å². The molecular formula is C7H15NO7. The van der Waals surface area contributed by atoms with Crippen LogP contribution in [0.3, 0.4) is 0 Å². The number of aliphatic hydroxyl groups excluding tert-OH is 5. The first kappa shape index (κ1) is 14.1. The van der Waals surface area contributed by atoms with E-state index in [-0.39, 0.29) is 0 Å². The summed E-state index contributed by atoms with van der Waals surface area (Å²) in [6.07, 6.45) is -7.84. The first-order chi connectivity index (χ1) is 6.90. The van der Waals surface area contributed by atoms with Crippen molar-refractivity contribution in [3.05, 3.63) is 0 Å². The molecule has 0 fully saturated rings. The fourth-order valence-corrected chi connectivity index (χ4v) is 0.829. The third kappa shape index (κ3) is 4.91. The predicted octanol–water partition coefficient (Wildman–Crippen LogP) is -3.48. The third-order valence-corrected chi connectivity index (χ3v) is 1.72. The van der Waals surface area contributed by atoms with E-state index in [0.717, 1.165) is 0 Å². The Hall–Kier alpha value is -0.930. The number of hydrogen-bond donors (Lipinski definition) is 6. The number of amides is 1. The van der Waals surface area contributed by atoms with E-state index in [1.807, 2.05) is 0 Å². The highest BCUT2D eigenvalue weighted by Gasteiger charge is 2.30. The Morgan fingerprint density at radius 1 is 1.13 bits per heavy atom.